The molecule has 0 amide bonds. The van der Waals surface area contributed by atoms with Gasteiger partial charge in [0.05, 0.1) is 50.8 Å². The van der Waals surface area contributed by atoms with Crippen LogP contribution >= 0.6 is 0 Å². The molecule has 0 saturated carbocycles. The largest absolute Gasteiger partial charge is 3.00 e. The van der Waals surface area contributed by atoms with Crippen molar-refractivity contribution in [2.45, 2.75) is 4.90 Å². The number of carbonyl (C=O) groups is 2. The van der Waals surface area contributed by atoms with E-state index >= 15 is 52.7 Å². The number of carboxylic acid groups (broad SMARTS) is 2. The monoisotopic (exact) mass is 1120 g/mol. The summed E-state index contributed by atoms with van der Waals surface area (Å²) in [6.07, 6.45) is 0.168. The van der Waals surface area contributed by atoms with E-state index in [1.54, 1.807) is 0 Å². The van der Waals surface area contributed by atoms with Gasteiger partial charge in [0.25, 0.3) is 0 Å². The molecule has 0 aliphatic carbocycles. The summed E-state index contributed by atoms with van der Waals surface area (Å²) < 4.78 is 290. The van der Waals surface area contributed by atoms with Gasteiger partial charge in [0.15, 0.2) is 69.8 Å². The molecule has 0 saturated heterocycles. The van der Waals surface area contributed by atoms with Crippen LogP contribution in [0.15, 0.2) is 35.2 Å². The third-order valence-electron chi connectivity index (χ3n) is 10.4. The second-order valence-corrected chi connectivity index (χ2v) is 18.0. The minimum absolute atomic E-state index is 0. The maximum Gasteiger partial charge on any atom is 3.00 e. The first-order chi connectivity index (χ1) is 33.6. The van der Waals surface area contributed by atoms with Gasteiger partial charge in [-0.2, -0.15) is 0 Å². The minimum Gasteiger partial charge on any atom is -0.552 e. The van der Waals surface area contributed by atoms with Gasteiger partial charge in [-0.05, 0) is 36.4 Å². The van der Waals surface area contributed by atoms with Crippen LogP contribution in [0.2, 0.25) is 0 Å². The molecule has 381 valence electrons. The number of nitrogens with one attached hydrogen (secondary N) is 4. The minimum atomic E-state index is -5.84. The van der Waals surface area contributed by atoms with E-state index < -0.39 is 220 Å². The third-order valence-corrected chi connectivity index (χ3v) is 13.2. The van der Waals surface area contributed by atoms with E-state index in [1.165, 1.54) is 4.72 Å². The molecule has 1 radical (unpaired) electrons. The van der Waals surface area contributed by atoms with Crippen molar-refractivity contribution in [2.24, 2.45) is 0 Å². The smallest absolute Gasteiger partial charge is 0.552 e. The summed E-state index contributed by atoms with van der Waals surface area (Å²) in [6, 6.07) is 2.26. The Morgan fingerprint density at radius 3 is 1.29 bits per heavy atom. The average molecular weight is 1120 g/mol. The molecule has 4 N–H and O–H groups in total. The van der Waals surface area contributed by atoms with E-state index in [4.69, 9.17) is 0 Å². The van der Waals surface area contributed by atoms with Gasteiger partial charge in [0, 0.05) is 44.7 Å². The Bertz CT molecular complexity index is 3930. The number of halogens is 15. The Hall–Kier alpha value is -7.38. The van der Waals surface area contributed by atoms with Gasteiger partial charge in [-0.1, -0.05) is 6.54 Å². The number of nitrogens with zero attached hydrogens (tertiary/aromatic N) is 2. The Morgan fingerprint density at radius 1 is 0.507 bits per heavy atom. The maximum absolute atomic E-state index is 16.1. The van der Waals surface area contributed by atoms with Crippen LogP contribution in [-0.4, -0.2) is 61.8 Å². The van der Waals surface area contributed by atoms with Gasteiger partial charge in [-0.3, -0.25) is 0 Å². The van der Waals surface area contributed by atoms with Crippen LogP contribution in [0, 0.1) is 87.3 Å². The van der Waals surface area contributed by atoms with Crippen LogP contribution < -0.4 is 14.9 Å². The first kappa shape index (κ1) is 53.4. The molecule has 7 aromatic rings. The Labute approximate surface area is 404 Å². The molecule has 4 aromatic heterocycles. The molecule has 0 fully saturated rings. The molecule has 8 rings (SSSR count). The van der Waals surface area contributed by atoms with Gasteiger partial charge in [-0.25, -0.2) is 92.4 Å². The fraction of sp³-hybridized carbons (Fsp3) is 0.0488. The summed E-state index contributed by atoms with van der Waals surface area (Å²) in [7, 11) is -11.4. The van der Waals surface area contributed by atoms with Crippen molar-refractivity contribution in [3.05, 3.63) is 134 Å². The first-order valence-corrected chi connectivity index (χ1v) is 21.8. The second kappa shape index (κ2) is 18.9. The first-order valence-electron chi connectivity index (χ1n) is 18.9. The number of hydrogen-bond acceptors (Lipinski definition) is 9. The molecule has 5 heterocycles. The van der Waals surface area contributed by atoms with Crippen LogP contribution in [0.5, 0.6) is 0 Å². The average Bonchev–Trinajstić information content (AvgIpc) is 4.18. The number of carbonyl (C=O) groups excluding carboxylic acids is 2. The molecular formula is C41H14F15FeN6O8S2. The van der Waals surface area contributed by atoms with Gasteiger partial charge in [0.1, 0.15) is 20.6 Å². The van der Waals surface area contributed by atoms with E-state index in [0.29, 0.717) is 24.3 Å². The molecule has 73 heavy (non-hydrogen) atoms. The number of sulfonamides is 2. The molecule has 32 heteroatoms. The van der Waals surface area contributed by atoms with Gasteiger partial charge < -0.3 is 39.5 Å². The molecule has 0 unspecified atom stereocenters. The molecule has 8 bridgehead atoms. The summed E-state index contributed by atoms with van der Waals surface area (Å²) in [6.45, 7) is -3.48. The van der Waals surface area contributed by atoms with Gasteiger partial charge in [0.2, 0.25) is 27.5 Å². The van der Waals surface area contributed by atoms with Crippen molar-refractivity contribution < 1.29 is 120 Å². The fourth-order valence-electron chi connectivity index (χ4n) is 7.37. The van der Waals surface area contributed by atoms with Crippen LogP contribution in [-0.2, 0) is 46.7 Å². The van der Waals surface area contributed by atoms with E-state index in [0.717, 1.165) is 0 Å². The Kier molecular flexibility index (Phi) is 13.8. The standard InChI is InChI=1S/C41H16F15N6O8S2.Fe/c42-25-22(26(43)32(49)37(54)31(25)48)19-9-1-2-11(59-9)20(23-27(44)33(50)38(55)34(51)28(23)45)13-5-15(71(67,68)57-7-17(63)64)40(61-13)14-6-16(72(69,70)58-8-18(65)66)41(62-14)21(12-4-3-10(19)60-12)24-29(46)35(52)39(56)36(53)30(24)47;/h1-6,57H,7-8H2,(H,63,64)(H,65,66)(H3,59,60,61,62);/q-1;+3/p-2. The summed E-state index contributed by atoms with van der Waals surface area (Å²) in [5.41, 5.74) is -20.5. The van der Waals surface area contributed by atoms with E-state index in [9.17, 15) is 49.8 Å². The summed E-state index contributed by atoms with van der Waals surface area (Å²) in [5, 5.41) is 22.8. The van der Waals surface area contributed by atoms with Crippen LogP contribution in [0.4, 0.5) is 65.9 Å². The van der Waals surface area contributed by atoms with Crippen LogP contribution in [0.3, 0.4) is 0 Å². The molecule has 1 aliphatic rings. The van der Waals surface area contributed by atoms with Crippen LogP contribution in [0.25, 0.3) is 82.2 Å². The second-order valence-electron chi connectivity index (χ2n) is 14.6. The predicted molar refractivity (Wildman–Crippen MR) is 212 cm³/mol. The molecule has 0 atom stereocenters. The van der Waals surface area contributed by atoms with Crippen molar-refractivity contribution in [3.63, 3.8) is 0 Å². The number of hydrogen-bond donors (Lipinski definition) is 4. The van der Waals surface area contributed by atoms with Gasteiger partial charge >= 0.3 is 17.1 Å². The molecule has 14 nitrogen and oxygen atoms in total. The number of aliphatic carboxylic acids is 2. The summed E-state index contributed by atoms with van der Waals surface area (Å²) in [5.74, 6) is -45.8. The fourth-order valence-corrected chi connectivity index (χ4v) is 9.61. The number of carboxylic acids is 2. The van der Waals surface area contributed by atoms with Crippen molar-refractivity contribution in [1.82, 2.24) is 24.7 Å². The maximum atomic E-state index is 16.1. The number of benzene rings is 3. The van der Waals surface area contributed by atoms with E-state index in [-0.39, 0.29) is 29.2 Å². The van der Waals surface area contributed by atoms with Crippen molar-refractivity contribution in [3.8, 4) is 33.4 Å². The van der Waals surface area contributed by atoms with Crippen molar-refractivity contribution >= 4 is 76.1 Å². The van der Waals surface area contributed by atoms with Crippen molar-refractivity contribution in [1.29, 1.82) is 0 Å². The normalized spacial score (nSPS) is 12.4. The zero-order chi connectivity index (χ0) is 53.0. The Morgan fingerprint density at radius 2 is 0.877 bits per heavy atom. The van der Waals surface area contributed by atoms with Gasteiger partial charge in [-0.15, -0.1) is 0 Å². The van der Waals surface area contributed by atoms with E-state index in [2.05, 4.69) is 19.7 Å². The van der Waals surface area contributed by atoms with Crippen LogP contribution in [0.1, 0.15) is 11.4 Å². The van der Waals surface area contributed by atoms with Crippen molar-refractivity contribution in [2.75, 3.05) is 13.1 Å². The molecule has 1 aliphatic heterocycles. The number of aromatic nitrogens is 4. The molecule has 3 aromatic carbocycles. The molecular weight excluding hydrogens is 1110 g/mol. The number of fused-ring (bicyclic) bond motifs is 9. The SMILES string of the molecule is O=C([O-])C[N-]S(=O)(=O)c1cc2[nH]c1c(-c1c(F)c(F)c(F)c(F)c1F)c1ccc([nH]1)c(-c1c(F)c(F)c(F)c(F)c1F)c1ccc([nH]1)c(-c1c(F)c(F)c(F)c(F)c1F)c1nc2C(S(=O)(=O)NCC(=O)[O-])=C1.[Fe+3]. The number of rotatable bonds is 11. The van der Waals surface area contributed by atoms with E-state index in [1.807, 2.05) is 4.98 Å². The topological polar surface area (TPSA) is 235 Å². The summed E-state index contributed by atoms with van der Waals surface area (Å²) >= 11 is 0. The number of aromatic amines is 3. The zero-order valence-corrected chi connectivity index (χ0v) is 37.1. The quantitative estimate of drug-likeness (QED) is 0.0473. The number of H-pyrrole nitrogens is 3. The predicted octanol–water partition coefficient (Wildman–Crippen LogP) is 6.59. The Balaban J connectivity index is 0.00000780. The molecule has 0 spiro atoms. The third kappa shape index (κ3) is 8.70. The zero-order valence-electron chi connectivity index (χ0n) is 34.4. The summed E-state index contributed by atoms with van der Waals surface area (Å²) in [4.78, 5) is 29.9.